The van der Waals surface area contributed by atoms with Crippen LogP contribution in [0.3, 0.4) is 0 Å². The zero-order valence-corrected chi connectivity index (χ0v) is 11.7. The number of nitriles is 1. The molecule has 0 radical (unpaired) electrons. The molecule has 4 heteroatoms. The molecule has 106 valence electrons. The molecule has 0 aliphatic heterocycles. The fourth-order valence-corrected chi connectivity index (χ4v) is 2.13. The second-order valence-corrected chi connectivity index (χ2v) is 4.74. The van der Waals surface area contributed by atoms with Gasteiger partial charge in [-0.3, -0.25) is 4.79 Å². The molecule has 0 saturated heterocycles. The molecule has 1 amide bonds. The zero-order chi connectivity index (χ0) is 15.2. The van der Waals surface area contributed by atoms with E-state index in [0.29, 0.717) is 11.1 Å². The number of rotatable bonds is 4. The molecule has 1 atom stereocenters. The Kier molecular flexibility index (Phi) is 4.70. The van der Waals surface area contributed by atoms with Gasteiger partial charge in [0.15, 0.2) is 0 Å². The molecule has 2 N–H and O–H groups in total. The van der Waals surface area contributed by atoms with Crippen molar-refractivity contribution in [1.82, 2.24) is 5.32 Å². The van der Waals surface area contributed by atoms with Gasteiger partial charge in [-0.2, -0.15) is 5.26 Å². The number of carbonyl (C=O) groups is 1. The summed E-state index contributed by atoms with van der Waals surface area (Å²) in [4.78, 5) is 12.1. The van der Waals surface area contributed by atoms with Gasteiger partial charge in [0.25, 0.3) is 5.91 Å². The molecule has 2 rings (SSSR count). The first-order valence-electron chi connectivity index (χ1n) is 6.64. The number of nitrogens with zero attached hydrogens (tertiary/aromatic N) is 1. The number of carbonyl (C=O) groups excluding carboxylic acids is 1. The maximum atomic E-state index is 12.1. The van der Waals surface area contributed by atoms with Gasteiger partial charge in [-0.05, 0) is 30.2 Å². The molecule has 0 aromatic heterocycles. The molecule has 2 aromatic carbocycles. The molecule has 1 unspecified atom stereocenters. The first kappa shape index (κ1) is 14.8. The monoisotopic (exact) mass is 280 g/mol. The van der Waals surface area contributed by atoms with E-state index in [0.717, 1.165) is 11.1 Å². The van der Waals surface area contributed by atoms with Crippen molar-refractivity contribution >= 4 is 5.91 Å². The summed E-state index contributed by atoms with van der Waals surface area (Å²) in [6, 6.07) is 16.0. The van der Waals surface area contributed by atoms with Gasteiger partial charge in [0.2, 0.25) is 0 Å². The van der Waals surface area contributed by atoms with E-state index in [-0.39, 0.29) is 12.5 Å². The lowest BCUT2D eigenvalue weighted by molar-refractivity contribution is 0.0915. The van der Waals surface area contributed by atoms with Crippen LogP contribution in [-0.2, 0) is 0 Å². The third-order valence-corrected chi connectivity index (χ3v) is 3.30. The Morgan fingerprint density at radius 2 is 1.90 bits per heavy atom. The summed E-state index contributed by atoms with van der Waals surface area (Å²) in [5.41, 5.74) is 2.39. The molecule has 0 aliphatic rings. The number of aryl methyl sites for hydroxylation is 1. The topological polar surface area (TPSA) is 73.1 Å². The van der Waals surface area contributed by atoms with Crippen molar-refractivity contribution in [2.45, 2.75) is 13.0 Å². The average Bonchev–Trinajstić information content (AvgIpc) is 2.52. The summed E-state index contributed by atoms with van der Waals surface area (Å²) >= 11 is 0. The number of aliphatic hydroxyl groups excluding tert-OH is 1. The Labute approximate surface area is 123 Å². The quantitative estimate of drug-likeness (QED) is 0.902. The lowest BCUT2D eigenvalue weighted by atomic mass is 10.0. The first-order chi connectivity index (χ1) is 10.1. The normalized spacial score (nSPS) is 11.5. The van der Waals surface area contributed by atoms with Crippen molar-refractivity contribution < 1.29 is 9.90 Å². The number of hydrogen-bond donors (Lipinski definition) is 2. The van der Waals surface area contributed by atoms with E-state index in [2.05, 4.69) is 5.32 Å². The highest BCUT2D eigenvalue weighted by atomic mass is 16.3. The largest absolute Gasteiger partial charge is 0.387 e. The molecule has 0 bridgehead atoms. The van der Waals surface area contributed by atoms with E-state index in [1.807, 2.05) is 37.3 Å². The van der Waals surface area contributed by atoms with Crippen LogP contribution in [-0.4, -0.2) is 17.6 Å². The Morgan fingerprint density at radius 3 is 2.62 bits per heavy atom. The van der Waals surface area contributed by atoms with Crippen LogP contribution in [0.15, 0.2) is 48.5 Å². The number of aliphatic hydroxyl groups is 1. The summed E-state index contributed by atoms with van der Waals surface area (Å²) in [7, 11) is 0. The van der Waals surface area contributed by atoms with Gasteiger partial charge in [-0.25, -0.2) is 0 Å². The van der Waals surface area contributed by atoms with Crippen molar-refractivity contribution in [3.05, 3.63) is 70.8 Å². The molecule has 21 heavy (non-hydrogen) atoms. The number of amides is 1. The minimum Gasteiger partial charge on any atom is -0.387 e. The lowest BCUT2D eigenvalue weighted by Crippen LogP contribution is -2.29. The van der Waals surface area contributed by atoms with Gasteiger partial charge >= 0.3 is 0 Å². The summed E-state index contributed by atoms with van der Waals surface area (Å²) in [5, 5.41) is 21.8. The third-order valence-electron chi connectivity index (χ3n) is 3.30. The van der Waals surface area contributed by atoms with Gasteiger partial charge in [-0.1, -0.05) is 36.4 Å². The lowest BCUT2D eigenvalue weighted by Gasteiger charge is -2.14. The van der Waals surface area contributed by atoms with Gasteiger partial charge < -0.3 is 10.4 Å². The van der Waals surface area contributed by atoms with Crippen molar-refractivity contribution in [1.29, 1.82) is 5.26 Å². The first-order valence-corrected chi connectivity index (χ1v) is 6.64. The standard InChI is InChI=1S/C17H16N2O2/c1-12-6-2-4-8-14(12)16(20)11-19-17(21)15-9-5-3-7-13(15)10-18/h2-9,16,20H,11H2,1H3,(H,19,21). The highest BCUT2D eigenvalue weighted by Crippen LogP contribution is 2.16. The summed E-state index contributed by atoms with van der Waals surface area (Å²) in [6.07, 6.45) is -0.774. The fraction of sp³-hybridized carbons (Fsp3) is 0.176. The predicted molar refractivity (Wildman–Crippen MR) is 79.6 cm³/mol. The van der Waals surface area contributed by atoms with E-state index in [1.165, 1.54) is 0 Å². The Hall–Kier alpha value is -2.64. The second-order valence-electron chi connectivity index (χ2n) is 4.74. The van der Waals surface area contributed by atoms with Crippen molar-refractivity contribution in [2.24, 2.45) is 0 Å². The van der Waals surface area contributed by atoms with E-state index in [4.69, 9.17) is 5.26 Å². The highest BCUT2D eigenvalue weighted by Gasteiger charge is 2.14. The average molecular weight is 280 g/mol. The fourth-order valence-electron chi connectivity index (χ4n) is 2.13. The van der Waals surface area contributed by atoms with E-state index in [9.17, 15) is 9.90 Å². The summed E-state index contributed by atoms with van der Waals surface area (Å²) in [5.74, 6) is -0.361. The summed E-state index contributed by atoms with van der Waals surface area (Å²) in [6.45, 7) is 2.01. The van der Waals surface area contributed by atoms with Crippen LogP contribution in [0.25, 0.3) is 0 Å². The SMILES string of the molecule is Cc1ccccc1C(O)CNC(=O)c1ccccc1C#N. The molecule has 0 aliphatic carbocycles. The Morgan fingerprint density at radius 1 is 1.24 bits per heavy atom. The number of benzene rings is 2. The van der Waals surface area contributed by atoms with Crippen LogP contribution in [0.2, 0.25) is 0 Å². The van der Waals surface area contributed by atoms with Crippen LogP contribution in [0, 0.1) is 18.3 Å². The highest BCUT2D eigenvalue weighted by molar-refractivity contribution is 5.96. The van der Waals surface area contributed by atoms with Gasteiger partial charge in [0.1, 0.15) is 0 Å². The molecule has 2 aromatic rings. The van der Waals surface area contributed by atoms with Crippen LogP contribution in [0.4, 0.5) is 0 Å². The van der Waals surface area contributed by atoms with Crippen molar-refractivity contribution in [3.63, 3.8) is 0 Å². The molecule has 0 heterocycles. The van der Waals surface area contributed by atoms with Crippen LogP contribution < -0.4 is 5.32 Å². The van der Waals surface area contributed by atoms with E-state index < -0.39 is 6.10 Å². The van der Waals surface area contributed by atoms with Gasteiger partial charge in [-0.15, -0.1) is 0 Å². The number of hydrogen-bond acceptors (Lipinski definition) is 3. The molecule has 0 saturated carbocycles. The van der Waals surface area contributed by atoms with Crippen LogP contribution in [0.5, 0.6) is 0 Å². The van der Waals surface area contributed by atoms with Crippen LogP contribution in [0.1, 0.15) is 33.2 Å². The number of nitrogens with one attached hydrogen (secondary N) is 1. The van der Waals surface area contributed by atoms with E-state index >= 15 is 0 Å². The van der Waals surface area contributed by atoms with Gasteiger partial charge in [0, 0.05) is 6.54 Å². The van der Waals surface area contributed by atoms with Crippen molar-refractivity contribution in [3.8, 4) is 6.07 Å². The van der Waals surface area contributed by atoms with E-state index in [1.54, 1.807) is 24.3 Å². The smallest absolute Gasteiger partial charge is 0.252 e. The molecule has 0 fully saturated rings. The minimum absolute atomic E-state index is 0.101. The Balaban J connectivity index is 2.05. The Bertz CT molecular complexity index is 689. The third kappa shape index (κ3) is 3.47. The molecule has 4 nitrogen and oxygen atoms in total. The summed E-state index contributed by atoms with van der Waals surface area (Å²) < 4.78 is 0. The minimum atomic E-state index is -0.774. The van der Waals surface area contributed by atoms with Crippen LogP contribution >= 0.6 is 0 Å². The van der Waals surface area contributed by atoms with Gasteiger partial charge in [0.05, 0.1) is 23.3 Å². The maximum Gasteiger partial charge on any atom is 0.252 e. The molecular weight excluding hydrogens is 264 g/mol. The maximum absolute atomic E-state index is 12.1. The zero-order valence-electron chi connectivity index (χ0n) is 11.7. The van der Waals surface area contributed by atoms with Crippen molar-refractivity contribution in [2.75, 3.05) is 6.54 Å². The second kappa shape index (κ2) is 6.69. The molecule has 0 spiro atoms. The predicted octanol–water partition coefficient (Wildman–Crippen LogP) is 2.33. The molecular formula is C17H16N2O2.